The third-order valence-electron chi connectivity index (χ3n) is 4.40. The maximum atomic E-state index is 4.50. The Morgan fingerprint density at radius 2 is 2.32 bits per heavy atom. The molecular formula is C18H26N6S. The summed E-state index contributed by atoms with van der Waals surface area (Å²) in [5.41, 5.74) is 1.12. The number of aromatic nitrogens is 3. The first-order valence-corrected chi connectivity index (χ1v) is 9.73. The van der Waals surface area contributed by atoms with Crippen molar-refractivity contribution in [3.05, 3.63) is 42.6 Å². The van der Waals surface area contributed by atoms with Gasteiger partial charge in [0.15, 0.2) is 5.96 Å². The van der Waals surface area contributed by atoms with Gasteiger partial charge in [0, 0.05) is 61.8 Å². The number of imidazole rings is 1. The van der Waals surface area contributed by atoms with E-state index in [0.717, 1.165) is 36.2 Å². The molecule has 1 saturated heterocycles. The van der Waals surface area contributed by atoms with E-state index < -0.39 is 0 Å². The van der Waals surface area contributed by atoms with Crippen LogP contribution in [0.1, 0.15) is 19.4 Å². The molecule has 2 aromatic heterocycles. The summed E-state index contributed by atoms with van der Waals surface area (Å²) >= 11 is 2.07. The van der Waals surface area contributed by atoms with E-state index in [1.54, 1.807) is 12.5 Å². The normalized spacial score (nSPS) is 18.6. The summed E-state index contributed by atoms with van der Waals surface area (Å²) in [6.07, 6.45) is 7.26. The molecule has 6 nitrogen and oxygen atoms in total. The van der Waals surface area contributed by atoms with Crippen LogP contribution in [-0.2, 0) is 6.54 Å². The highest BCUT2D eigenvalue weighted by Gasteiger charge is 2.24. The molecule has 0 spiro atoms. The van der Waals surface area contributed by atoms with Crippen LogP contribution in [0, 0.1) is 5.92 Å². The van der Waals surface area contributed by atoms with Gasteiger partial charge in [0.1, 0.15) is 12.1 Å². The Morgan fingerprint density at radius 1 is 1.44 bits per heavy atom. The van der Waals surface area contributed by atoms with Crippen molar-refractivity contribution in [2.45, 2.75) is 25.6 Å². The molecule has 1 aliphatic heterocycles. The molecule has 1 N–H and O–H groups in total. The topological polar surface area (TPSA) is 58.3 Å². The number of nitrogens with zero attached hydrogens (tertiary/aromatic N) is 5. The van der Waals surface area contributed by atoms with E-state index in [1.165, 1.54) is 0 Å². The molecule has 7 heteroatoms. The van der Waals surface area contributed by atoms with Crippen molar-refractivity contribution in [3.63, 3.8) is 0 Å². The molecule has 25 heavy (non-hydrogen) atoms. The molecule has 1 aliphatic rings. The summed E-state index contributed by atoms with van der Waals surface area (Å²) in [4.78, 5) is 15.5. The van der Waals surface area contributed by atoms with E-state index in [-0.39, 0.29) is 0 Å². The molecule has 134 valence electrons. The molecule has 1 unspecified atom stereocenters. The zero-order valence-corrected chi connectivity index (χ0v) is 15.9. The Hall–Kier alpha value is -2.02. The van der Waals surface area contributed by atoms with Crippen molar-refractivity contribution in [2.75, 3.05) is 25.9 Å². The number of pyridine rings is 1. The molecule has 0 bridgehead atoms. The lowest BCUT2D eigenvalue weighted by Crippen LogP contribution is -2.48. The van der Waals surface area contributed by atoms with E-state index in [4.69, 9.17) is 0 Å². The van der Waals surface area contributed by atoms with Crippen LogP contribution in [0.15, 0.2) is 42.0 Å². The van der Waals surface area contributed by atoms with Gasteiger partial charge in [-0.15, -0.1) is 0 Å². The summed E-state index contributed by atoms with van der Waals surface area (Å²) in [5, 5.41) is 4.17. The van der Waals surface area contributed by atoms with Crippen molar-refractivity contribution in [1.82, 2.24) is 24.8 Å². The lowest BCUT2D eigenvalue weighted by atomic mass is 10.1. The monoisotopic (exact) mass is 358 g/mol. The van der Waals surface area contributed by atoms with Crippen LogP contribution in [0.3, 0.4) is 0 Å². The maximum absolute atomic E-state index is 4.50. The quantitative estimate of drug-likeness (QED) is 0.672. The first kappa shape index (κ1) is 17.8. The fourth-order valence-electron chi connectivity index (χ4n) is 2.96. The van der Waals surface area contributed by atoms with Gasteiger partial charge in [-0.3, -0.25) is 9.56 Å². The maximum Gasteiger partial charge on any atom is 0.193 e. The van der Waals surface area contributed by atoms with E-state index in [2.05, 4.69) is 56.9 Å². The average molecular weight is 359 g/mol. The number of rotatable bonds is 4. The summed E-state index contributed by atoms with van der Waals surface area (Å²) in [6.45, 7) is 7.36. The minimum Gasteiger partial charge on any atom is -0.352 e. The van der Waals surface area contributed by atoms with Gasteiger partial charge >= 0.3 is 0 Å². The summed E-state index contributed by atoms with van der Waals surface area (Å²) in [6, 6.07) is 4.05. The average Bonchev–Trinajstić information content (AvgIpc) is 3.17. The summed E-state index contributed by atoms with van der Waals surface area (Å²) in [7, 11) is 1.86. The number of hydrogen-bond donors (Lipinski definition) is 1. The molecular weight excluding hydrogens is 332 g/mol. The van der Waals surface area contributed by atoms with Crippen molar-refractivity contribution in [2.24, 2.45) is 10.9 Å². The van der Waals surface area contributed by atoms with E-state index in [0.29, 0.717) is 17.7 Å². The number of aliphatic imine (C=N–C) groups is 1. The van der Waals surface area contributed by atoms with Crippen LogP contribution >= 0.6 is 11.8 Å². The molecule has 1 fully saturated rings. The third kappa shape index (κ3) is 4.34. The smallest absolute Gasteiger partial charge is 0.193 e. The predicted molar refractivity (Wildman–Crippen MR) is 104 cm³/mol. The van der Waals surface area contributed by atoms with Crippen molar-refractivity contribution in [1.29, 1.82) is 0 Å². The largest absolute Gasteiger partial charge is 0.352 e. The van der Waals surface area contributed by atoms with Crippen molar-refractivity contribution in [3.8, 4) is 5.82 Å². The second-order valence-corrected chi connectivity index (χ2v) is 7.80. The molecule has 0 aromatic carbocycles. The second-order valence-electron chi connectivity index (χ2n) is 6.46. The first-order chi connectivity index (χ1) is 12.2. The lowest BCUT2D eigenvalue weighted by Gasteiger charge is -2.36. The third-order valence-corrected chi connectivity index (χ3v) is 5.94. The van der Waals surface area contributed by atoms with Gasteiger partial charge in [0.05, 0.1) is 0 Å². The molecule has 0 radical (unpaired) electrons. The van der Waals surface area contributed by atoms with Gasteiger partial charge in [-0.25, -0.2) is 9.97 Å². The van der Waals surface area contributed by atoms with Crippen LogP contribution < -0.4 is 5.32 Å². The Balaban J connectivity index is 1.68. The Bertz CT molecular complexity index is 697. The molecule has 0 saturated carbocycles. The van der Waals surface area contributed by atoms with Gasteiger partial charge in [-0.1, -0.05) is 19.9 Å². The minimum atomic E-state index is 0.659. The van der Waals surface area contributed by atoms with Crippen molar-refractivity contribution >= 4 is 17.7 Å². The number of hydrogen-bond acceptors (Lipinski definition) is 4. The van der Waals surface area contributed by atoms with Gasteiger partial charge in [-0.05, 0) is 12.0 Å². The van der Waals surface area contributed by atoms with Crippen LogP contribution in [0.2, 0.25) is 0 Å². The highest BCUT2D eigenvalue weighted by Crippen LogP contribution is 2.25. The summed E-state index contributed by atoms with van der Waals surface area (Å²) in [5.74, 6) is 3.69. The molecule has 3 rings (SSSR count). The van der Waals surface area contributed by atoms with Crippen LogP contribution in [0.25, 0.3) is 5.82 Å². The SMILES string of the molecule is CN=C(NCc1cccnc1-n1ccnc1)N1CCSC(C(C)C)C1. The molecule has 1 atom stereocenters. The Labute approximate surface area is 153 Å². The van der Waals surface area contributed by atoms with Crippen LogP contribution in [0.5, 0.6) is 0 Å². The number of guanidine groups is 1. The lowest BCUT2D eigenvalue weighted by molar-refractivity contribution is 0.380. The fourth-order valence-corrected chi connectivity index (χ4v) is 4.26. The summed E-state index contributed by atoms with van der Waals surface area (Å²) < 4.78 is 1.94. The van der Waals surface area contributed by atoms with E-state index in [9.17, 15) is 0 Å². The van der Waals surface area contributed by atoms with Gasteiger partial charge < -0.3 is 10.2 Å². The molecule has 0 aliphatic carbocycles. The Morgan fingerprint density at radius 3 is 3.04 bits per heavy atom. The zero-order chi connectivity index (χ0) is 17.6. The highest BCUT2D eigenvalue weighted by atomic mass is 32.2. The van der Waals surface area contributed by atoms with E-state index in [1.807, 2.05) is 30.1 Å². The van der Waals surface area contributed by atoms with Crippen LogP contribution in [0.4, 0.5) is 0 Å². The van der Waals surface area contributed by atoms with Gasteiger partial charge in [0.25, 0.3) is 0 Å². The molecule has 0 amide bonds. The van der Waals surface area contributed by atoms with Gasteiger partial charge in [0.2, 0.25) is 0 Å². The van der Waals surface area contributed by atoms with Gasteiger partial charge in [-0.2, -0.15) is 11.8 Å². The fraction of sp³-hybridized carbons (Fsp3) is 0.500. The predicted octanol–water partition coefficient (Wildman–Crippen LogP) is 2.42. The minimum absolute atomic E-state index is 0.659. The first-order valence-electron chi connectivity index (χ1n) is 8.68. The second kappa shape index (κ2) is 8.38. The molecule has 2 aromatic rings. The highest BCUT2D eigenvalue weighted by molar-refractivity contribution is 8.00. The molecule has 3 heterocycles. The standard InChI is InChI=1S/C18H26N6S/c1-14(2)16-12-23(9-10-25-16)18(19-3)22-11-15-5-4-6-21-17(15)24-8-7-20-13-24/h4-8,13-14,16H,9-12H2,1-3H3,(H,19,22). The van der Waals surface area contributed by atoms with Crippen LogP contribution in [-0.4, -0.2) is 56.5 Å². The number of nitrogens with one attached hydrogen (secondary N) is 1. The number of thioether (sulfide) groups is 1. The zero-order valence-electron chi connectivity index (χ0n) is 15.1. The Kier molecular flexibility index (Phi) is 5.96. The van der Waals surface area contributed by atoms with E-state index >= 15 is 0 Å². The van der Waals surface area contributed by atoms with Crippen molar-refractivity contribution < 1.29 is 0 Å².